The average molecular weight is 279 g/mol. The van der Waals surface area contributed by atoms with Crippen molar-refractivity contribution in [2.24, 2.45) is 0 Å². The highest BCUT2D eigenvalue weighted by atomic mass is 19.4. The average Bonchev–Trinajstić information content (AvgIpc) is 2.28. The van der Waals surface area contributed by atoms with E-state index in [1.54, 1.807) is 5.32 Å². The van der Waals surface area contributed by atoms with Gasteiger partial charge in [-0.3, -0.25) is 4.79 Å². The van der Waals surface area contributed by atoms with Gasteiger partial charge in [0.1, 0.15) is 0 Å². The molecular weight excluding hydrogens is 261 g/mol. The maximum absolute atomic E-state index is 12.5. The van der Waals surface area contributed by atoms with Crippen molar-refractivity contribution in [2.75, 3.05) is 7.11 Å². The topological polar surface area (TPSA) is 38.3 Å². The number of hydrogen-bond donors (Lipinski definition) is 1. The fourth-order valence-electron chi connectivity index (χ4n) is 0.748. The van der Waals surface area contributed by atoms with Crippen molar-refractivity contribution < 1.29 is 31.5 Å². The molecule has 0 aromatic heterocycles. The van der Waals surface area contributed by atoms with E-state index in [0.29, 0.717) is 0 Å². The van der Waals surface area contributed by atoms with Crippen LogP contribution in [0.4, 0.5) is 22.0 Å². The Morgan fingerprint density at radius 3 is 1.78 bits per heavy atom. The molecule has 0 heterocycles. The van der Waals surface area contributed by atoms with E-state index in [9.17, 15) is 26.7 Å². The van der Waals surface area contributed by atoms with Crippen molar-refractivity contribution in [3.05, 3.63) is 0 Å². The first kappa shape index (κ1) is 19.4. The molecule has 110 valence electrons. The van der Waals surface area contributed by atoms with Crippen molar-refractivity contribution in [2.45, 2.75) is 51.9 Å². The molecule has 0 saturated heterocycles. The molecule has 2 unspecified atom stereocenters. The number of alkyl halides is 5. The van der Waals surface area contributed by atoms with E-state index in [-0.39, 0.29) is 0 Å². The SMILES string of the molecule is CC.COC(C)C(C)NC(=O)C(F)(F)C(F)(F)F. The molecule has 0 aliphatic rings. The van der Waals surface area contributed by atoms with Gasteiger partial charge in [0.15, 0.2) is 0 Å². The predicted molar refractivity (Wildman–Crippen MR) is 56.4 cm³/mol. The Labute approximate surface area is 103 Å². The van der Waals surface area contributed by atoms with Crippen molar-refractivity contribution in [1.29, 1.82) is 0 Å². The summed E-state index contributed by atoms with van der Waals surface area (Å²) in [4.78, 5) is 10.7. The van der Waals surface area contributed by atoms with Crippen LogP contribution in [0.15, 0.2) is 0 Å². The Kier molecular flexibility index (Phi) is 8.09. The van der Waals surface area contributed by atoms with Crippen LogP contribution in [-0.2, 0) is 9.53 Å². The van der Waals surface area contributed by atoms with Gasteiger partial charge in [-0.15, -0.1) is 0 Å². The van der Waals surface area contributed by atoms with Crippen LogP contribution in [0.5, 0.6) is 0 Å². The fourth-order valence-corrected chi connectivity index (χ4v) is 0.748. The molecule has 0 saturated carbocycles. The molecule has 0 bridgehead atoms. The molecule has 0 spiro atoms. The van der Waals surface area contributed by atoms with Crippen molar-refractivity contribution >= 4 is 5.91 Å². The molecule has 0 aliphatic carbocycles. The second-order valence-corrected chi connectivity index (χ2v) is 3.28. The first-order valence-corrected chi connectivity index (χ1v) is 5.32. The zero-order valence-corrected chi connectivity index (χ0v) is 10.9. The molecule has 1 amide bonds. The van der Waals surface area contributed by atoms with E-state index in [1.807, 2.05) is 13.8 Å². The van der Waals surface area contributed by atoms with E-state index >= 15 is 0 Å². The van der Waals surface area contributed by atoms with Crippen LogP contribution in [0.3, 0.4) is 0 Å². The van der Waals surface area contributed by atoms with Crippen molar-refractivity contribution in [3.63, 3.8) is 0 Å². The van der Waals surface area contributed by atoms with Crippen LogP contribution >= 0.6 is 0 Å². The molecule has 2 atom stereocenters. The van der Waals surface area contributed by atoms with Gasteiger partial charge in [0.05, 0.1) is 12.1 Å². The van der Waals surface area contributed by atoms with Crippen molar-refractivity contribution in [3.8, 4) is 0 Å². The minimum atomic E-state index is -5.90. The molecule has 1 N–H and O–H groups in total. The van der Waals surface area contributed by atoms with Crippen LogP contribution in [0.25, 0.3) is 0 Å². The third-order valence-electron chi connectivity index (χ3n) is 2.08. The lowest BCUT2D eigenvalue weighted by Gasteiger charge is -2.24. The monoisotopic (exact) mass is 279 g/mol. The summed E-state index contributed by atoms with van der Waals surface area (Å²) in [7, 11) is 1.25. The third kappa shape index (κ3) is 5.16. The molecule has 0 aromatic rings. The summed E-state index contributed by atoms with van der Waals surface area (Å²) in [5.41, 5.74) is 0. The number of hydrogen-bond acceptors (Lipinski definition) is 2. The van der Waals surface area contributed by atoms with E-state index in [4.69, 9.17) is 0 Å². The Bertz CT molecular complexity index is 255. The second-order valence-electron chi connectivity index (χ2n) is 3.28. The number of ether oxygens (including phenoxy) is 1. The number of carbonyl (C=O) groups is 1. The smallest absolute Gasteiger partial charge is 0.380 e. The highest BCUT2D eigenvalue weighted by Crippen LogP contribution is 2.35. The molecule has 0 radical (unpaired) electrons. The highest BCUT2D eigenvalue weighted by Gasteiger charge is 2.63. The molecule has 0 fully saturated rings. The maximum Gasteiger partial charge on any atom is 0.463 e. The van der Waals surface area contributed by atoms with Crippen LogP contribution < -0.4 is 5.32 Å². The number of nitrogens with one attached hydrogen (secondary N) is 1. The standard InChI is InChI=1S/C8H12F5NO2.C2H6/c1-4(5(2)16-3)14-6(15)7(9,10)8(11,12)13;1-2/h4-5H,1-3H3,(H,14,15);1-2H3. The van der Waals surface area contributed by atoms with Gasteiger partial charge >= 0.3 is 18.0 Å². The van der Waals surface area contributed by atoms with E-state index in [2.05, 4.69) is 4.74 Å². The Hall–Kier alpha value is -0.920. The third-order valence-corrected chi connectivity index (χ3v) is 2.08. The van der Waals surface area contributed by atoms with E-state index in [1.165, 1.54) is 21.0 Å². The summed E-state index contributed by atoms with van der Waals surface area (Å²) in [5.74, 6) is -7.77. The zero-order valence-electron chi connectivity index (χ0n) is 10.9. The summed E-state index contributed by atoms with van der Waals surface area (Å²) < 4.78 is 64.9. The molecule has 0 rings (SSSR count). The zero-order chi connectivity index (χ0) is 15.1. The van der Waals surface area contributed by atoms with Crippen molar-refractivity contribution in [1.82, 2.24) is 5.32 Å². The summed E-state index contributed by atoms with van der Waals surface area (Å²) in [6, 6.07) is -0.953. The fraction of sp³-hybridized carbons (Fsp3) is 0.900. The Morgan fingerprint density at radius 1 is 1.11 bits per heavy atom. The molecule has 0 aromatic carbocycles. The lowest BCUT2D eigenvalue weighted by atomic mass is 10.2. The van der Waals surface area contributed by atoms with Crippen LogP contribution in [0.2, 0.25) is 0 Å². The minimum Gasteiger partial charge on any atom is -0.380 e. The molecule has 3 nitrogen and oxygen atoms in total. The van der Waals surface area contributed by atoms with Crippen LogP contribution in [0.1, 0.15) is 27.7 Å². The normalized spacial score (nSPS) is 15.2. The van der Waals surface area contributed by atoms with Crippen LogP contribution in [-0.4, -0.2) is 37.3 Å². The van der Waals surface area contributed by atoms with Gasteiger partial charge in [0.25, 0.3) is 0 Å². The second kappa shape index (κ2) is 7.50. The Morgan fingerprint density at radius 2 is 1.50 bits per heavy atom. The van der Waals surface area contributed by atoms with Gasteiger partial charge in [-0.25, -0.2) is 0 Å². The quantitative estimate of drug-likeness (QED) is 0.804. The number of methoxy groups -OCH3 is 1. The number of rotatable bonds is 4. The van der Waals surface area contributed by atoms with E-state index in [0.717, 1.165) is 0 Å². The summed E-state index contributed by atoms with van der Waals surface area (Å²) in [5, 5.41) is 1.54. The van der Waals surface area contributed by atoms with Gasteiger partial charge < -0.3 is 10.1 Å². The highest BCUT2D eigenvalue weighted by molar-refractivity contribution is 5.84. The minimum absolute atomic E-state index is 0.673. The number of amides is 1. The van der Waals surface area contributed by atoms with E-state index < -0.39 is 30.2 Å². The molecule has 18 heavy (non-hydrogen) atoms. The van der Waals surface area contributed by atoms with Crippen LogP contribution in [0, 0.1) is 0 Å². The first-order valence-electron chi connectivity index (χ1n) is 5.32. The lowest BCUT2D eigenvalue weighted by molar-refractivity contribution is -0.270. The van der Waals surface area contributed by atoms with Gasteiger partial charge in [-0.2, -0.15) is 22.0 Å². The van der Waals surface area contributed by atoms with Gasteiger partial charge in [-0.05, 0) is 13.8 Å². The first-order chi connectivity index (χ1) is 8.04. The van der Waals surface area contributed by atoms with Gasteiger partial charge in [0.2, 0.25) is 0 Å². The molecular formula is C10H18F5NO2. The summed E-state index contributed by atoms with van der Waals surface area (Å²) in [6.45, 7) is 6.69. The molecule has 8 heteroatoms. The predicted octanol–water partition coefficient (Wildman–Crippen LogP) is 2.75. The van der Waals surface area contributed by atoms with Gasteiger partial charge in [0, 0.05) is 7.11 Å². The lowest BCUT2D eigenvalue weighted by Crippen LogP contribution is -2.54. The summed E-state index contributed by atoms with van der Waals surface area (Å²) in [6.07, 6.45) is -6.57. The largest absolute Gasteiger partial charge is 0.463 e. The molecule has 0 aliphatic heterocycles. The Balaban J connectivity index is 0. The summed E-state index contributed by atoms with van der Waals surface area (Å²) >= 11 is 0. The maximum atomic E-state index is 12.5. The number of carbonyl (C=O) groups excluding carboxylic acids is 1. The van der Waals surface area contributed by atoms with Gasteiger partial charge in [-0.1, -0.05) is 13.8 Å². The number of halogens is 5.